The summed E-state index contributed by atoms with van der Waals surface area (Å²) in [7, 11) is 0. The minimum Gasteiger partial charge on any atom is -0.480 e. The van der Waals surface area contributed by atoms with Crippen LogP contribution >= 0.6 is 0 Å². The molecule has 1 heterocycles. The highest BCUT2D eigenvalue weighted by molar-refractivity contribution is 5.84. The van der Waals surface area contributed by atoms with Crippen LogP contribution in [0, 0.1) is 0 Å². The van der Waals surface area contributed by atoms with E-state index in [1.165, 1.54) is 6.92 Å². The van der Waals surface area contributed by atoms with Crippen LogP contribution in [0.4, 0.5) is 0 Å². The van der Waals surface area contributed by atoms with Gasteiger partial charge in [-0.1, -0.05) is 13.3 Å². The van der Waals surface area contributed by atoms with E-state index in [1.54, 1.807) is 18.7 Å². The topological polar surface area (TPSA) is 104 Å². The van der Waals surface area contributed by atoms with Crippen molar-refractivity contribution in [3.63, 3.8) is 0 Å². The highest BCUT2D eigenvalue weighted by Crippen LogP contribution is 2.17. The molecule has 1 rings (SSSR count). The van der Waals surface area contributed by atoms with Gasteiger partial charge in [0.05, 0.1) is 12.4 Å². The van der Waals surface area contributed by atoms with Crippen molar-refractivity contribution in [2.45, 2.75) is 51.3 Å². The largest absolute Gasteiger partial charge is 0.480 e. The Morgan fingerprint density at radius 1 is 1.45 bits per heavy atom. The molecule has 0 spiro atoms. The maximum atomic E-state index is 11.9. The molecule has 0 aliphatic rings. The molecule has 1 aromatic rings. The molecule has 0 bridgehead atoms. The van der Waals surface area contributed by atoms with Gasteiger partial charge in [-0.25, -0.2) is 9.78 Å². The Balaban J connectivity index is 2.64. The number of carbonyl (C=O) groups excluding carboxylic acids is 1. The van der Waals surface area contributed by atoms with Crippen LogP contribution in [0.1, 0.15) is 39.2 Å². The Morgan fingerprint density at radius 2 is 2.15 bits per heavy atom. The average molecular weight is 283 g/mol. The Morgan fingerprint density at radius 3 is 2.60 bits per heavy atom. The molecule has 7 nitrogen and oxygen atoms in total. The van der Waals surface area contributed by atoms with E-state index in [-0.39, 0.29) is 12.5 Å². The van der Waals surface area contributed by atoms with Gasteiger partial charge in [-0.3, -0.25) is 4.79 Å². The molecular formula is C13H21N3O4. The van der Waals surface area contributed by atoms with Gasteiger partial charge in [-0.2, -0.15) is 0 Å². The number of carboxylic acids is 1. The highest BCUT2D eigenvalue weighted by atomic mass is 16.4. The molecule has 0 saturated carbocycles. The Kier molecular flexibility index (Phi) is 6.17. The molecule has 0 aliphatic heterocycles. The molecule has 3 unspecified atom stereocenters. The predicted molar refractivity (Wildman–Crippen MR) is 72.0 cm³/mol. The number of hydrogen-bond donors (Lipinski definition) is 3. The summed E-state index contributed by atoms with van der Waals surface area (Å²) in [5.41, 5.74) is 0. The van der Waals surface area contributed by atoms with Crippen molar-refractivity contribution in [2.75, 3.05) is 0 Å². The van der Waals surface area contributed by atoms with Crippen molar-refractivity contribution < 1.29 is 19.8 Å². The van der Waals surface area contributed by atoms with E-state index < -0.39 is 24.0 Å². The van der Waals surface area contributed by atoms with Crippen molar-refractivity contribution in [1.29, 1.82) is 0 Å². The van der Waals surface area contributed by atoms with E-state index in [9.17, 15) is 14.7 Å². The second-order valence-electron chi connectivity index (χ2n) is 4.78. The summed E-state index contributed by atoms with van der Waals surface area (Å²) in [4.78, 5) is 26.8. The van der Waals surface area contributed by atoms with Crippen LogP contribution in [0.5, 0.6) is 0 Å². The first-order valence-corrected chi connectivity index (χ1v) is 6.63. The van der Waals surface area contributed by atoms with Crippen LogP contribution < -0.4 is 5.32 Å². The Hall–Kier alpha value is -1.89. The van der Waals surface area contributed by atoms with E-state index in [4.69, 9.17) is 5.11 Å². The third-order valence-electron chi connectivity index (χ3n) is 3.05. The molecule has 0 aliphatic carbocycles. The fourth-order valence-corrected chi connectivity index (χ4v) is 2.01. The minimum atomic E-state index is -1.28. The molecule has 0 fully saturated rings. The number of imidazole rings is 1. The highest BCUT2D eigenvalue weighted by Gasteiger charge is 2.26. The average Bonchev–Trinajstić information content (AvgIpc) is 2.88. The van der Waals surface area contributed by atoms with Crippen LogP contribution in [-0.4, -0.2) is 43.8 Å². The molecule has 0 saturated heterocycles. The molecule has 112 valence electrons. The smallest absolute Gasteiger partial charge is 0.328 e. The molecule has 7 heteroatoms. The van der Waals surface area contributed by atoms with Crippen molar-refractivity contribution in [3.8, 4) is 0 Å². The zero-order chi connectivity index (χ0) is 15.1. The second kappa shape index (κ2) is 7.64. The van der Waals surface area contributed by atoms with Gasteiger partial charge in [0, 0.05) is 24.9 Å². The summed E-state index contributed by atoms with van der Waals surface area (Å²) in [5, 5.41) is 20.6. The summed E-state index contributed by atoms with van der Waals surface area (Å²) >= 11 is 0. The summed E-state index contributed by atoms with van der Waals surface area (Å²) in [6.45, 7) is 3.34. The predicted octanol–water partition coefficient (Wildman–Crippen LogP) is 0.565. The summed E-state index contributed by atoms with van der Waals surface area (Å²) in [5.74, 6) is -1.64. The first kappa shape index (κ1) is 16.2. The number of hydrogen-bond acceptors (Lipinski definition) is 4. The van der Waals surface area contributed by atoms with Gasteiger partial charge < -0.3 is 20.1 Å². The fourth-order valence-electron chi connectivity index (χ4n) is 2.01. The monoisotopic (exact) mass is 283 g/mol. The van der Waals surface area contributed by atoms with Gasteiger partial charge in [0.25, 0.3) is 0 Å². The van der Waals surface area contributed by atoms with E-state index in [2.05, 4.69) is 10.3 Å². The van der Waals surface area contributed by atoms with Gasteiger partial charge in [-0.05, 0) is 13.3 Å². The number of rotatable bonds is 8. The van der Waals surface area contributed by atoms with Crippen LogP contribution in [0.15, 0.2) is 18.7 Å². The fraction of sp³-hybridized carbons (Fsp3) is 0.615. The van der Waals surface area contributed by atoms with Crippen LogP contribution in [0.2, 0.25) is 0 Å². The summed E-state index contributed by atoms with van der Waals surface area (Å²) in [6.07, 6.45) is 5.74. The number of aliphatic carboxylic acids is 1. The number of amides is 1. The van der Waals surface area contributed by atoms with Crippen molar-refractivity contribution >= 4 is 11.9 Å². The van der Waals surface area contributed by atoms with E-state index in [1.807, 2.05) is 11.5 Å². The number of carbonyl (C=O) groups is 2. The third-order valence-corrected chi connectivity index (χ3v) is 3.05. The Labute approximate surface area is 117 Å². The Bertz CT molecular complexity index is 431. The lowest BCUT2D eigenvalue weighted by molar-refractivity contribution is -0.144. The zero-order valence-electron chi connectivity index (χ0n) is 11.7. The number of carboxylic acid groups (broad SMARTS) is 1. The van der Waals surface area contributed by atoms with E-state index in [0.717, 1.165) is 12.8 Å². The third kappa shape index (κ3) is 4.65. The van der Waals surface area contributed by atoms with E-state index in [0.29, 0.717) is 0 Å². The van der Waals surface area contributed by atoms with Crippen LogP contribution in [0.25, 0.3) is 0 Å². The number of nitrogens with one attached hydrogen (secondary N) is 1. The number of aliphatic hydroxyl groups is 1. The molecule has 1 amide bonds. The van der Waals surface area contributed by atoms with Gasteiger partial charge in [0.2, 0.25) is 5.91 Å². The normalized spacial score (nSPS) is 15.3. The van der Waals surface area contributed by atoms with Gasteiger partial charge >= 0.3 is 5.97 Å². The van der Waals surface area contributed by atoms with E-state index >= 15 is 0 Å². The molecule has 0 radical (unpaired) electrons. The number of aromatic nitrogens is 2. The SMILES string of the molecule is CCCC(CC(=O)NC(C(=O)O)C(C)O)n1ccnc1. The van der Waals surface area contributed by atoms with Gasteiger partial charge in [-0.15, -0.1) is 0 Å². The molecule has 0 aromatic carbocycles. The maximum Gasteiger partial charge on any atom is 0.328 e. The lowest BCUT2D eigenvalue weighted by Gasteiger charge is -2.21. The lowest BCUT2D eigenvalue weighted by atomic mass is 10.1. The molecule has 20 heavy (non-hydrogen) atoms. The number of aliphatic hydroxyl groups excluding tert-OH is 1. The van der Waals surface area contributed by atoms with Crippen molar-refractivity contribution in [3.05, 3.63) is 18.7 Å². The summed E-state index contributed by atoms with van der Waals surface area (Å²) in [6, 6.07) is -1.35. The van der Waals surface area contributed by atoms with Crippen LogP contribution in [-0.2, 0) is 9.59 Å². The second-order valence-corrected chi connectivity index (χ2v) is 4.78. The lowest BCUT2D eigenvalue weighted by Crippen LogP contribution is -2.48. The quantitative estimate of drug-likeness (QED) is 0.647. The first-order chi connectivity index (χ1) is 9.45. The van der Waals surface area contributed by atoms with Crippen molar-refractivity contribution in [1.82, 2.24) is 14.9 Å². The van der Waals surface area contributed by atoms with Crippen molar-refractivity contribution in [2.24, 2.45) is 0 Å². The molecule has 1 aromatic heterocycles. The summed E-state index contributed by atoms with van der Waals surface area (Å²) < 4.78 is 1.83. The van der Waals surface area contributed by atoms with Gasteiger partial charge in [0.1, 0.15) is 0 Å². The maximum absolute atomic E-state index is 11.9. The minimum absolute atomic E-state index is 0.0639. The van der Waals surface area contributed by atoms with Crippen LogP contribution in [0.3, 0.4) is 0 Å². The molecule has 3 N–H and O–H groups in total. The zero-order valence-corrected chi connectivity index (χ0v) is 11.7. The first-order valence-electron chi connectivity index (χ1n) is 6.63. The molecular weight excluding hydrogens is 262 g/mol. The van der Waals surface area contributed by atoms with Gasteiger partial charge in [0.15, 0.2) is 6.04 Å². The standard InChI is InChI=1S/C13H21N3O4/c1-3-4-10(16-6-5-14-8-16)7-11(18)15-12(9(2)17)13(19)20/h5-6,8-10,12,17H,3-4,7H2,1-2H3,(H,15,18)(H,19,20). The number of nitrogens with zero attached hydrogens (tertiary/aromatic N) is 2. The molecule has 3 atom stereocenters.